The minimum Gasteiger partial charge on any atom is -0.497 e. The predicted molar refractivity (Wildman–Crippen MR) is 173 cm³/mol. The first-order valence-corrected chi connectivity index (χ1v) is 16.1. The van der Waals surface area contributed by atoms with E-state index in [1.807, 2.05) is 23.6 Å². The standard InChI is InChI=1S/C32H26ClFN6O3S2/c1-43-25-8-2-5-21(15-25)31(42)35-18-29-36-37-32(39(29)24-7-3-6-22(33)16-24)45-19-30(41)40-27(20-10-12-23(34)13-11-20)17-26(38-40)28-9-4-14-44-28/h2-16,27H,17-19H2,1H3,(H,35,42)/t27-/m0/s1. The number of halogens is 2. The smallest absolute Gasteiger partial charge is 0.253 e. The van der Waals surface area contributed by atoms with Crippen LogP contribution in [0.1, 0.15) is 39.1 Å². The van der Waals surface area contributed by atoms with E-state index in [1.54, 1.807) is 70.5 Å². The number of hydrogen-bond acceptors (Lipinski definition) is 8. The number of aromatic nitrogens is 3. The molecular weight excluding hydrogens is 635 g/mol. The van der Waals surface area contributed by atoms with Gasteiger partial charge in [0.15, 0.2) is 11.0 Å². The second-order valence-corrected chi connectivity index (χ2v) is 12.3. The van der Waals surface area contributed by atoms with Crippen LogP contribution in [0, 0.1) is 5.82 Å². The van der Waals surface area contributed by atoms with Gasteiger partial charge in [-0.2, -0.15) is 5.10 Å². The number of carbonyl (C=O) groups excluding carboxylic acids is 2. The van der Waals surface area contributed by atoms with Gasteiger partial charge in [0.25, 0.3) is 11.8 Å². The van der Waals surface area contributed by atoms with Crippen molar-refractivity contribution in [3.8, 4) is 11.4 Å². The molecule has 0 bridgehead atoms. The fourth-order valence-electron chi connectivity index (χ4n) is 4.88. The van der Waals surface area contributed by atoms with Crippen LogP contribution in [0.4, 0.5) is 4.39 Å². The number of nitrogens with zero attached hydrogens (tertiary/aromatic N) is 5. The summed E-state index contributed by atoms with van der Waals surface area (Å²) in [7, 11) is 1.54. The largest absolute Gasteiger partial charge is 0.497 e. The minimum atomic E-state index is -0.371. The van der Waals surface area contributed by atoms with Gasteiger partial charge in [-0.15, -0.1) is 21.5 Å². The molecule has 0 spiro atoms. The fourth-order valence-corrected chi connectivity index (χ4v) is 6.61. The normalized spacial score (nSPS) is 14.3. The van der Waals surface area contributed by atoms with Gasteiger partial charge in [-0.05, 0) is 65.5 Å². The minimum absolute atomic E-state index is 0.00772. The molecule has 9 nitrogen and oxygen atoms in total. The molecule has 1 atom stereocenters. The van der Waals surface area contributed by atoms with E-state index in [0.29, 0.717) is 39.4 Å². The first-order valence-electron chi connectivity index (χ1n) is 13.8. The number of thiophene rings is 1. The molecular formula is C32H26ClFN6O3S2. The predicted octanol–water partition coefficient (Wildman–Crippen LogP) is 6.53. The maximum Gasteiger partial charge on any atom is 0.253 e. The van der Waals surface area contributed by atoms with Crippen molar-refractivity contribution in [3.63, 3.8) is 0 Å². The Bertz CT molecular complexity index is 1860. The van der Waals surface area contributed by atoms with Gasteiger partial charge in [0.2, 0.25) is 0 Å². The molecule has 0 saturated heterocycles. The van der Waals surface area contributed by atoms with E-state index in [2.05, 4.69) is 15.5 Å². The Kier molecular flexibility index (Phi) is 9.24. The van der Waals surface area contributed by atoms with Crippen molar-refractivity contribution in [2.45, 2.75) is 24.2 Å². The van der Waals surface area contributed by atoms with Crippen molar-refractivity contribution >= 4 is 52.2 Å². The summed E-state index contributed by atoms with van der Waals surface area (Å²) >= 11 is 9.06. The number of carbonyl (C=O) groups is 2. The third kappa shape index (κ3) is 6.93. The summed E-state index contributed by atoms with van der Waals surface area (Å²) in [6.45, 7) is 0.0668. The number of hydrazone groups is 1. The summed E-state index contributed by atoms with van der Waals surface area (Å²) < 4.78 is 20.7. The topological polar surface area (TPSA) is 102 Å². The lowest BCUT2D eigenvalue weighted by molar-refractivity contribution is -0.130. The molecule has 1 N–H and O–H groups in total. The van der Waals surface area contributed by atoms with Crippen molar-refractivity contribution in [1.82, 2.24) is 25.1 Å². The van der Waals surface area contributed by atoms with Gasteiger partial charge in [-0.1, -0.05) is 53.7 Å². The third-order valence-corrected chi connectivity index (χ3v) is 9.12. The molecule has 3 aromatic carbocycles. The molecule has 2 aromatic heterocycles. The van der Waals surface area contributed by atoms with Crippen molar-refractivity contribution in [3.05, 3.63) is 123 Å². The fraction of sp³-hybridized carbons (Fsp3) is 0.156. The van der Waals surface area contributed by atoms with Crippen LogP contribution >= 0.6 is 34.7 Å². The molecule has 13 heteroatoms. The highest BCUT2D eigenvalue weighted by molar-refractivity contribution is 7.99. The Labute approximate surface area is 271 Å². The quantitative estimate of drug-likeness (QED) is 0.171. The van der Waals surface area contributed by atoms with Crippen LogP contribution < -0.4 is 10.1 Å². The highest BCUT2D eigenvalue weighted by atomic mass is 35.5. The summed E-state index contributed by atoms with van der Waals surface area (Å²) in [6, 6.07) is 23.7. The van der Waals surface area contributed by atoms with E-state index in [-0.39, 0.29) is 36.0 Å². The zero-order chi connectivity index (χ0) is 31.3. The van der Waals surface area contributed by atoms with Crippen molar-refractivity contribution in [2.75, 3.05) is 12.9 Å². The van der Waals surface area contributed by atoms with Gasteiger partial charge in [0.1, 0.15) is 11.6 Å². The molecule has 0 aliphatic carbocycles. The van der Waals surface area contributed by atoms with Crippen LogP contribution in [0.25, 0.3) is 5.69 Å². The first-order chi connectivity index (χ1) is 21.9. The second-order valence-electron chi connectivity index (χ2n) is 9.95. The molecule has 0 unspecified atom stereocenters. The van der Waals surface area contributed by atoms with Gasteiger partial charge in [0, 0.05) is 17.0 Å². The zero-order valence-electron chi connectivity index (χ0n) is 23.9. The average Bonchev–Trinajstić information content (AvgIpc) is 3.83. The van der Waals surface area contributed by atoms with Crippen LogP contribution in [0.3, 0.4) is 0 Å². The van der Waals surface area contributed by atoms with Crippen LogP contribution in [0.2, 0.25) is 5.02 Å². The number of rotatable bonds is 10. The Morgan fingerprint density at radius 1 is 1.07 bits per heavy atom. The maximum absolute atomic E-state index is 13.7. The number of methoxy groups -OCH3 is 1. The summed E-state index contributed by atoms with van der Waals surface area (Å²) in [4.78, 5) is 27.6. The van der Waals surface area contributed by atoms with Crippen LogP contribution in [-0.2, 0) is 11.3 Å². The maximum atomic E-state index is 13.7. The lowest BCUT2D eigenvalue weighted by Gasteiger charge is -2.22. The molecule has 0 saturated carbocycles. The Morgan fingerprint density at radius 2 is 1.89 bits per heavy atom. The summed E-state index contributed by atoms with van der Waals surface area (Å²) in [5.74, 6) is 0.133. The SMILES string of the molecule is COc1cccc(C(=O)NCc2nnc(SCC(=O)N3N=C(c4cccs4)C[C@H]3c3ccc(F)cc3)n2-c2cccc(Cl)c2)c1. The molecule has 228 valence electrons. The van der Waals surface area contributed by atoms with E-state index in [0.717, 1.165) is 16.2 Å². The summed E-state index contributed by atoms with van der Waals surface area (Å²) in [5.41, 5.74) is 2.71. The third-order valence-electron chi connectivity index (χ3n) is 7.06. The number of nitrogens with one attached hydrogen (secondary N) is 1. The lowest BCUT2D eigenvalue weighted by atomic mass is 10.0. The van der Waals surface area contributed by atoms with Crippen molar-refractivity contribution in [2.24, 2.45) is 5.10 Å². The molecule has 6 rings (SSSR count). The molecule has 1 aliphatic heterocycles. The van der Waals surface area contributed by atoms with E-state index in [1.165, 1.54) is 36.0 Å². The van der Waals surface area contributed by atoms with Crippen LogP contribution in [-0.4, -0.2) is 50.2 Å². The summed E-state index contributed by atoms with van der Waals surface area (Å²) in [5, 5.41) is 20.7. The molecule has 0 radical (unpaired) electrons. The van der Waals surface area contributed by atoms with E-state index < -0.39 is 0 Å². The molecule has 1 aliphatic rings. The molecule has 0 fully saturated rings. The highest BCUT2D eigenvalue weighted by Gasteiger charge is 2.33. The summed E-state index contributed by atoms with van der Waals surface area (Å²) in [6.07, 6.45) is 0.512. The zero-order valence-corrected chi connectivity index (χ0v) is 26.3. The average molecular weight is 661 g/mol. The van der Waals surface area contributed by atoms with Gasteiger partial charge in [-0.25, -0.2) is 9.40 Å². The number of thioether (sulfide) groups is 1. The second kappa shape index (κ2) is 13.6. The monoisotopic (exact) mass is 660 g/mol. The molecule has 2 amide bonds. The molecule has 3 heterocycles. The highest BCUT2D eigenvalue weighted by Crippen LogP contribution is 2.35. The van der Waals surface area contributed by atoms with Gasteiger partial charge in [0.05, 0.1) is 41.7 Å². The molecule has 5 aromatic rings. The van der Waals surface area contributed by atoms with E-state index in [4.69, 9.17) is 21.4 Å². The Balaban J connectivity index is 1.23. The van der Waals surface area contributed by atoms with Crippen LogP contribution in [0.5, 0.6) is 5.75 Å². The molecule has 45 heavy (non-hydrogen) atoms. The van der Waals surface area contributed by atoms with Crippen molar-refractivity contribution < 1.29 is 18.7 Å². The van der Waals surface area contributed by atoms with Crippen LogP contribution in [0.15, 0.2) is 101 Å². The van der Waals surface area contributed by atoms with Gasteiger partial charge < -0.3 is 10.1 Å². The number of amides is 2. The van der Waals surface area contributed by atoms with Crippen molar-refractivity contribution in [1.29, 1.82) is 0 Å². The number of hydrogen-bond donors (Lipinski definition) is 1. The number of ether oxygens (including phenoxy) is 1. The van der Waals surface area contributed by atoms with Gasteiger partial charge in [-0.3, -0.25) is 14.2 Å². The number of benzene rings is 3. The Morgan fingerprint density at radius 3 is 2.64 bits per heavy atom. The lowest BCUT2D eigenvalue weighted by Crippen LogP contribution is -2.28. The van der Waals surface area contributed by atoms with Gasteiger partial charge >= 0.3 is 0 Å². The Hall–Kier alpha value is -4.52. The van der Waals surface area contributed by atoms with E-state index >= 15 is 0 Å². The van der Waals surface area contributed by atoms with E-state index in [9.17, 15) is 14.0 Å². The first kappa shape index (κ1) is 30.5.